The molecule has 0 radical (unpaired) electrons. The lowest BCUT2D eigenvalue weighted by Gasteiger charge is -2.42. The number of nitrogens with zero attached hydrogens (tertiary/aromatic N) is 3. The fraction of sp³-hybridized carbons (Fsp3) is 0.459. The van der Waals surface area contributed by atoms with Crippen molar-refractivity contribution in [3.05, 3.63) is 101 Å². The number of aliphatic hydroxyl groups excluding tert-OH is 2. The predicted molar refractivity (Wildman–Crippen MR) is 181 cm³/mol. The zero-order valence-electron chi connectivity index (χ0n) is 27.9. The van der Waals surface area contributed by atoms with Gasteiger partial charge in [0, 0.05) is 56.8 Å². The second-order valence-corrected chi connectivity index (χ2v) is 14.1. The molecule has 5 atom stereocenters. The zero-order chi connectivity index (χ0) is 34.4. The molecule has 11 heteroatoms. The average molecular weight is 658 g/mol. The van der Waals surface area contributed by atoms with E-state index in [1.54, 1.807) is 12.3 Å². The summed E-state index contributed by atoms with van der Waals surface area (Å²) in [5, 5.41) is 37.6. The van der Waals surface area contributed by atoms with Gasteiger partial charge in [-0.05, 0) is 61.9 Å². The van der Waals surface area contributed by atoms with Gasteiger partial charge in [0.05, 0.1) is 18.2 Å². The van der Waals surface area contributed by atoms with Crippen LogP contribution in [0.3, 0.4) is 0 Å². The molecule has 5 N–H and O–H groups in total. The van der Waals surface area contributed by atoms with Crippen LogP contribution >= 0.6 is 0 Å². The molecule has 0 bridgehead atoms. The van der Waals surface area contributed by atoms with Crippen molar-refractivity contribution in [2.45, 2.75) is 76.4 Å². The summed E-state index contributed by atoms with van der Waals surface area (Å²) in [5.41, 5.74) is 3.26. The second kappa shape index (κ2) is 15.4. The molecular weight excluding hydrogens is 610 g/mol. The van der Waals surface area contributed by atoms with Crippen LogP contribution in [0.15, 0.2) is 72.9 Å². The Labute approximate surface area is 282 Å². The van der Waals surface area contributed by atoms with Crippen molar-refractivity contribution in [2.75, 3.05) is 26.2 Å². The number of aliphatic hydroxyl groups is 2. The lowest BCUT2D eigenvalue weighted by atomic mass is 9.91. The number of pyridine rings is 1. The number of amides is 2. The lowest BCUT2D eigenvalue weighted by molar-refractivity contribution is -0.132. The molecule has 0 spiro atoms. The molecule has 2 amide bonds. The van der Waals surface area contributed by atoms with E-state index in [-0.39, 0.29) is 30.5 Å². The van der Waals surface area contributed by atoms with Gasteiger partial charge in [-0.2, -0.15) is 0 Å². The minimum absolute atomic E-state index is 0.0246. The molecule has 11 nitrogen and oxygen atoms in total. The molecule has 48 heavy (non-hydrogen) atoms. The van der Waals surface area contributed by atoms with Crippen molar-refractivity contribution in [3.8, 4) is 0 Å². The topological polar surface area (TPSA) is 155 Å². The number of β-amino-alcohol motifs (C(OH)–C–C–N with tert-alkyl or cyclic N) is 1. The number of rotatable bonds is 12. The maximum absolute atomic E-state index is 13.8. The molecule has 1 saturated heterocycles. The highest BCUT2D eigenvalue weighted by atomic mass is 16.4. The van der Waals surface area contributed by atoms with Gasteiger partial charge >= 0.3 is 5.97 Å². The van der Waals surface area contributed by atoms with E-state index in [1.165, 1.54) is 6.07 Å². The van der Waals surface area contributed by atoms with Crippen molar-refractivity contribution in [2.24, 2.45) is 5.92 Å². The highest BCUT2D eigenvalue weighted by molar-refractivity contribution is 5.85. The molecule has 0 unspecified atom stereocenters. The van der Waals surface area contributed by atoms with Crippen LogP contribution in [-0.4, -0.2) is 97.9 Å². The number of carboxylic acid groups (broad SMARTS) is 1. The van der Waals surface area contributed by atoms with Crippen LogP contribution in [0, 0.1) is 5.92 Å². The van der Waals surface area contributed by atoms with Gasteiger partial charge in [0.1, 0.15) is 11.7 Å². The SMILES string of the molecule is CC(C)(C)NC(=O)[C@@H]1CN(Cc2ccc(C(=O)O)nc2)CCN1C[C@@H](O)C[C@@H](Cc1ccccc1)C(=O)N[C@H]1c2ccccc2C[C@H]1O. The normalized spacial score (nSPS) is 21.2. The largest absolute Gasteiger partial charge is 0.477 e. The van der Waals surface area contributed by atoms with Gasteiger partial charge in [0.25, 0.3) is 0 Å². The molecule has 0 saturated carbocycles. The predicted octanol–water partition coefficient (Wildman–Crippen LogP) is 2.57. The number of benzene rings is 2. The molecule has 1 aliphatic heterocycles. The van der Waals surface area contributed by atoms with Crippen molar-refractivity contribution in [3.63, 3.8) is 0 Å². The Morgan fingerprint density at radius 2 is 1.71 bits per heavy atom. The number of fused-ring (bicyclic) bond motifs is 1. The molecular formula is C37H47N5O6. The van der Waals surface area contributed by atoms with Gasteiger partial charge < -0.3 is 26.0 Å². The first-order valence-corrected chi connectivity index (χ1v) is 16.6. The molecule has 5 rings (SSSR count). The van der Waals surface area contributed by atoms with Gasteiger partial charge in [-0.25, -0.2) is 9.78 Å². The third-order valence-corrected chi connectivity index (χ3v) is 9.03. The fourth-order valence-electron chi connectivity index (χ4n) is 6.72. The van der Waals surface area contributed by atoms with Gasteiger partial charge in [-0.3, -0.25) is 19.4 Å². The van der Waals surface area contributed by atoms with Crippen LogP contribution in [-0.2, 0) is 29.0 Å². The average Bonchev–Trinajstić information content (AvgIpc) is 3.35. The summed E-state index contributed by atoms with van der Waals surface area (Å²) in [6, 6.07) is 19.6. The summed E-state index contributed by atoms with van der Waals surface area (Å²) in [7, 11) is 0. The summed E-state index contributed by atoms with van der Waals surface area (Å²) >= 11 is 0. The Balaban J connectivity index is 1.28. The number of aromatic nitrogens is 1. The van der Waals surface area contributed by atoms with Gasteiger partial charge in [0.15, 0.2) is 0 Å². The molecule has 256 valence electrons. The van der Waals surface area contributed by atoms with Gasteiger partial charge in [0.2, 0.25) is 11.8 Å². The van der Waals surface area contributed by atoms with Crippen LogP contribution in [0.5, 0.6) is 0 Å². The lowest BCUT2D eigenvalue weighted by Crippen LogP contribution is -2.61. The number of hydrogen-bond donors (Lipinski definition) is 5. The first kappa shape index (κ1) is 35.2. The highest BCUT2D eigenvalue weighted by Gasteiger charge is 2.37. The Bertz CT molecular complexity index is 1560. The van der Waals surface area contributed by atoms with Crippen LogP contribution in [0.25, 0.3) is 0 Å². The van der Waals surface area contributed by atoms with E-state index < -0.39 is 41.7 Å². The Morgan fingerprint density at radius 1 is 0.979 bits per heavy atom. The molecule has 2 aromatic carbocycles. The van der Waals surface area contributed by atoms with Gasteiger partial charge in [-0.15, -0.1) is 0 Å². The molecule has 2 aliphatic rings. The number of piperazine rings is 1. The zero-order valence-corrected chi connectivity index (χ0v) is 27.9. The van der Waals surface area contributed by atoms with E-state index in [4.69, 9.17) is 0 Å². The van der Waals surface area contributed by atoms with Crippen LogP contribution in [0.1, 0.15) is 66.0 Å². The molecule has 3 aromatic rings. The van der Waals surface area contributed by atoms with Crippen LogP contribution in [0.4, 0.5) is 0 Å². The highest BCUT2D eigenvalue weighted by Crippen LogP contribution is 2.32. The summed E-state index contributed by atoms with van der Waals surface area (Å²) in [4.78, 5) is 46.8. The summed E-state index contributed by atoms with van der Waals surface area (Å²) < 4.78 is 0. The summed E-state index contributed by atoms with van der Waals surface area (Å²) in [5.74, 6) is -2.02. The van der Waals surface area contributed by atoms with E-state index in [0.29, 0.717) is 39.0 Å². The standard InChI is InChI=1S/C37H47N5O6/c1-37(2,3)40-35(46)31-23-41(21-25-13-14-30(36(47)48)38-20-25)15-16-42(31)22-28(43)18-27(17-24-9-5-4-6-10-24)34(45)39-33-29-12-8-7-11-26(29)19-32(33)44/h4-14,20,27-28,31-33,43-44H,15-19,21-23H2,1-3H3,(H,39,45)(H,40,46)(H,47,48)/t27-,28+,31+,32-,33+/m1/s1. The molecule has 1 fully saturated rings. The van der Waals surface area contributed by atoms with Crippen molar-refractivity contribution in [1.29, 1.82) is 0 Å². The number of hydrogen-bond acceptors (Lipinski definition) is 8. The van der Waals surface area contributed by atoms with Crippen molar-refractivity contribution < 1.29 is 29.7 Å². The summed E-state index contributed by atoms with van der Waals surface area (Å²) in [6.45, 7) is 8.02. The van der Waals surface area contributed by atoms with Crippen LogP contribution in [0.2, 0.25) is 0 Å². The summed E-state index contributed by atoms with van der Waals surface area (Å²) in [6.07, 6.45) is 1.00. The number of carbonyl (C=O) groups is 3. The third kappa shape index (κ3) is 9.25. The van der Waals surface area contributed by atoms with Crippen LogP contribution < -0.4 is 10.6 Å². The Hall–Kier alpha value is -4.16. The maximum Gasteiger partial charge on any atom is 0.354 e. The number of carbonyl (C=O) groups excluding carboxylic acids is 2. The number of carboxylic acids is 1. The smallest absolute Gasteiger partial charge is 0.354 e. The second-order valence-electron chi connectivity index (χ2n) is 14.1. The van der Waals surface area contributed by atoms with Crippen molar-refractivity contribution in [1.82, 2.24) is 25.4 Å². The van der Waals surface area contributed by atoms with Crippen molar-refractivity contribution >= 4 is 17.8 Å². The van der Waals surface area contributed by atoms with E-state index in [9.17, 15) is 29.7 Å². The Kier molecular flexibility index (Phi) is 11.3. The van der Waals surface area contributed by atoms with E-state index in [1.807, 2.05) is 80.3 Å². The monoisotopic (exact) mass is 657 g/mol. The maximum atomic E-state index is 13.8. The number of aromatic carboxylic acids is 1. The molecule has 2 heterocycles. The molecule has 1 aromatic heterocycles. The quantitative estimate of drug-likeness (QED) is 0.198. The Morgan fingerprint density at radius 3 is 2.40 bits per heavy atom. The van der Waals surface area contributed by atoms with E-state index >= 15 is 0 Å². The molecule has 1 aliphatic carbocycles. The van der Waals surface area contributed by atoms with E-state index in [0.717, 1.165) is 22.3 Å². The van der Waals surface area contributed by atoms with Gasteiger partial charge in [-0.1, -0.05) is 60.7 Å². The van der Waals surface area contributed by atoms with E-state index in [2.05, 4.69) is 20.5 Å². The fourth-order valence-corrected chi connectivity index (χ4v) is 6.72. The first-order chi connectivity index (χ1) is 22.9. The minimum atomic E-state index is -1.09. The minimum Gasteiger partial charge on any atom is -0.477 e. The number of nitrogens with one attached hydrogen (secondary N) is 2. The third-order valence-electron chi connectivity index (χ3n) is 9.03. The first-order valence-electron chi connectivity index (χ1n) is 16.6.